The lowest BCUT2D eigenvalue weighted by molar-refractivity contribution is 0.159. The lowest BCUT2D eigenvalue weighted by atomic mass is 10.5. The summed E-state index contributed by atoms with van der Waals surface area (Å²) in [5, 5.41) is 0. The Balaban J connectivity index is 2.74. The number of carbonyl (C=O) groups is 1. The fourth-order valence-corrected chi connectivity index (χ4v) is 2.65. The van der Waals surface area contributed by atoms with Crippen LogP contribution in [0.15, 0.2) is 21.6 Å². The van der Waals surface area contributed by atoms with Crippen LogP contribution in [0.25, 0.3) is 0 Å². The van der Waals surface area contributed by atoms with Crippen LogP contribution in [-0.4, -0.2) is 32.6 Å². The highest BCUT2D eigenvalue weighted by atomic mass is 79.9. The normalized spacial score (nSPS) is 11.2. The van der Waals surface area contributed by atoms with Crippen molar-refractivity contribution in [3.8, 4) is 0 Å². The molecule has 0 bridgehead atoms. The molecule has 1 heterocycles. The molecule has 0 atom stereocenters. The van der Waals surface area contributed by atoms with Gasteiger partial charge in [-0.15, -0.1) is 0 Å². The molecular formula is C8H11BrN4O4S. The first-order valence-corrected chi connectivity index (χ1v) is 6.93. The molecule has 10 heteroatoms. The lowest BCUT2D eigenvalue weighted by Crippen LogP contribution is -2.29. The summed E-state index contributed by atoms with van der Waals surface area (Å²) in [5.41, 5.74) is 10.2. The molecule has 0 unspecified atom stereocenters. The van der Waals surface area contributed by atoms with Crippen LogP contribution in [0.1, 0.15) is 0 Å². The van der Waals surface area contributed by atoms with Crippen molar-refractivity contribution in [2.45, 2.75) is 4.90 Å². The first-order chi connectivity index (χ1) is 8.33. The van der Waals surface area contributed by atoms with Crippen LogP contribution in [-0.2, 0) is 14.8 Å². The molecule has 0 aliphatic rings. The summed E-state index contributed by atoms with van der Waals surface area (Å²) in [6.45, 7) is -0.285. The number of anilines is 1. The van der Waals surface area contributed by atoms with Crippen molar-refractivity contribution >= 4 is 37.9 Å². The molecule has 8 nitrogen and oxygen atoms in total. The quantitative estimate of drug-likeness (QED) is 0.635. The van der Waals surface area contributed by atoms with Gasteiger partial charge in [0.05, 0.1) is 0 Å². The zero-order valence-corrected chi connectivity index (χ0v) is 11.5. The van der Waals surface area contributed by atoms with E-state index in [0.717, 1.165) is 0 Å². The molecule has 0 saturated carbocycles. The molecule has 1 aromatic rings. The summed E-state index contributed by atoms with van der Waals surface area (Å²) < 4.78 is 30.7. The number of hydrogen-bond donors (Lipinski definition) is 3. The number of carbonyl (C=O) groups excluding carboxylic acids is 1. The molecule has 1 aromatic heterocycles. The second kappa shape index (κ2) is 5.98. The van der Waals surface area contributed by atoms with Crippen molar-refractivity contribution in [3.05, 3.63) is 16.7 Å². The van der Waals surface area contributed by atoms with E-state index in [4.69, 9.17) is 11.5 Å². The number of amides is 1. The Hall–Kier alpha value is -1.39. The molecular weight excluding hydrogens is 328 g/mol. The Morgan fingerprint density at radius 2 is 2.22 bits per heavy atom. The van der Waals surface area contributed by atoms with E-state index in [9.17, 15) is 13.2 Å². The Morgan fingerprint density at radius 3 is 2.83 bits per heavy atom. The minimum Gasteiger partial charge on any atom is -0.448 e. The third-order valence-electron chi connectivity index (χ3n) is 1.78. The van der Waals surface area contributed by atoms with Crippen molar-refractivity contribution < 1.29 is 17.9 Å². The third-order valence-corrected chi connectivity index (χ3v) is 3.70. The number of nitrogens with zero attached hydrogens (tertiary/aromatic N) is 1. The van der Waals surface area contributed by atoms with E-state index in [1.165, 1.54) is 12.3 Å². The number of ether oxygens (including phenoxy) is 1. The summed E-state index contributed by atoms with van der Waals surface area (Å²) in [6.07, 6.45) is 0.405. The molecule has 0 radical (unpaired) electrons. The van der Waals surface area contributed by atoms with Crippen LogP contribution in [0.2, 0.25) is 0 Å². The lowest BCUT2D eigenvalue weighted by Gasteiger charge is -2.08. The summed E-state index contributed by atoms with van der Waals surface area (Å²) in [5.74, 6) is -0.124. The number of aromatic nitrogens is 1. The van der Waals surface area contributed by atoms with Crippen LogP contribution >= 0.6 is 15.9 Å². The van der Waals surface area contributed by atoms with Crippen LogP contribution < -0.4 is 16.2 Å². The molecule has 0 saturated heterocycles. The van der Waals surface area contributed by atoms with E-state index in [1.54, 1.807) is 0 Å². The molecule has 1 amide bonds. The Morgan fingerprint density at radius 1 is 1.56 bits per heavy atom. The van der Waals surface area contributed by atoms with Gasteiger partial charge in [0.2, 0.25) is 10.0 Å². The number of sulfonamides is 1. The predicted molar refractivity (Wildman–Crippen MR) is 67.1 cm³/mol. The van der Waals surface area contributed by atoms with Gasteiger partial charge in [0.25, 0.3) is 0 Å². The van der Waals surface area contributed by atoms with E-state index in [1.807, 2.05) is 0 Å². The Kier molecular flexibility index (Phi) is 4.87. The van der Waals surface area contributed by atoms with Gasteiger partial charge in [-0.25, -0.2) is 22.9 Å². The molecule has 100 valence electrons. The van der Waals surface area contributed by atoms with Crippen molar-refractivity contribution in [1.82, 2.24) is 9.71 Å². The van der Waals surface area contributed by atoms with Gasteiger partial charge in [-0.1, -0.05) is 0 Å². The zero-order chi connectivity index (χ0) is 13.8. The summed E-state index contributed by atoms with van der Waals surface area (Å²) >= 11 is 3.09. The highest BCUT2D eigenvalue weighted by Gasteiger charge is 2.18. The maximum Gasteiger partial charge on any atom is 0.404 e. The first kappa shape index (κ1) is 14.7. The minimum absolute atomic E-state index is 0.114. The van der Waals surface area contributed by atoms with Gasteiger partial charge >= 0.3 is 6.09 Å². The topological polar surface area (TPSA) is 137 Å². The SMILES string of the molecule is NC(=O)OCCNS(=O)(=O)c1cc(Br)cnc1N. The summed E-state index contributed by atoms with van der Waals surface area (Å²) in [6, 6.07) is 1.32. The van der Waals surface area contributed by atoms with E-state index >= 15 is 0 Å². The van der Waals surface area contributed by atoms with Crippen LogP contribution in [0.5, 0.6) is 0 Å². The van der Waals surface area contributed by atoms with Gasteiger partial charge in [-0.3, -0.25) is 0 Å². The molecule has 0 aliphatic carbocycles. The number of rotatable bonds is 5. The van der Waals surface area contributed by atoms with Gasteiger partial charge in [0, 0.05) is 17.2 Å². The van der Waals surface area contributed by atoms with Crippen molar-refractivity contribution in [2.75, 3.05) is 18.9 Å². The number of primary amides is 1. The van der Waals surface area contributed by atoms with E-state index in [2.05, 4.69) is 30.4 Å². The average Bonchev–Trinajstić information content (AvgIpc) is 2.27. The zero-order valence-electron chi connectivity index (χ0n) is 9.09. The second-order valence-corrected chi connectivity index (χ2v) is 5.75. The standard InChI is InChI=1S/C8H11BrN4O4S/c9-5-3-6(7(10)12-4-5)18(15,16)13-1-2-17-8(11)14/h3-4,13H,1-2H2,(H2,10,12)(H2,11,14). The molecule has 18 heavy (non-hydrogen) atoms. The highest BCUT2D eigenvalue weighted by Crippen LogP contribution is 2.19. The maximum absolute atomic E-state index is 11.8. The fraction of sp³-hybridized carbons (Fsp3) is 0.250. The first-order valence-electron chi connectivity index (χ1n) is 4.66. The number of nitrogens with two attached hydrogens (primary N) is 2. The largest absolute Gasteiger partial charge is 0.448 e. The number of pyridine rings is 1. The predicted octanol–water partition coefficient (Wildman–Crippen LogP) is -0.200. The van der Waals surface area contributed by atoms with Crippen molar-refractivity contribution in [2.24, 2.45) is 5.73 Å². The number of hydrogen-bond acceptors (Lipinski definition) is 6. The third kappa shape index (κ3) is 4.13. The smallest absolute Gasteiger partial charge is 0.404 e. The molecule has 0 aromatic carbocycles. The molecule has 0 spiro atoms. The van der Waals surface area contributed by atoms with Gasteiger partial charge in [0.15, 0.2) is 0 Å². The van der Waals surface area contributed by atoms with E-state index < -0.39 is 16.1 Å². The number of nitrogens with one attached hydrogen (secondary N) is 1. The van der Waals surface area contributed by atoms with E-state index in [-0.39, 0.29) is 23.9 Å². The maximum atomic E-state index is 11.8. The monoisotopic (exact) mass is 338 g/mol. The Bertz CT molecular complexity index is 548. The van der Waals surface area contributed by atoms with Gasteiger partial charge in [-0.05, 0) is 22.0 Å². The van der Waals surface area contributed by atoms with Crippen LogP contribution in [0.4, 0.5) is 10.6 Å². The van der Waals surface area contributed by atoms with Crippen LogP contribution in [0, 0.1) is 0 Å². The summed E-state index contributed by atoms with van der Waals surface area (Å²) in [7, 11) is -3.81. The van der Waals surface area contributed by atoms with Gasteiger partial charge in [0.1, 0.15) is 17.3 Å². The highest BCUT2D eigenvalue weighted by molar-refractivity contribution is 9.10. The molecule has 5 N–H and O–H groups in total. The molecule has 0 aliphatic heterocycles. The van der Waals surface area contributed by atoms with Crippen molar-refractivity contribution in [1.29, 1.82) is 0 Å². The van der Waals surface area contributed by atoms with Gasteiger partial charge < -0.3 is 16.2 Å². The molecule has 0 fully saturated rings. The van der Waals surface area contributed by atoms with Crippen molar-refractivity contribution in [3.63, 3.8) is 0 Å². The number of halogens is 1. The minimum atomic E-state index is -3.81. The number of nitrogen functional groups attached to an aromatic ring is 1. The second-order valence-electron chi connectivity index (χ2n) is 3.10. The average molecular weight is 339 g/mol. The summed E-state index contributed by atoms with van der Waals surface area (Å²) in [4.78, 5) is 13.8. The van der Waals surface area contributed by atoms with Gasteiger partial charge in [-0.2, -0.15) is 0 Å². The van der Waals surface area contributed by atoms with Crippen LogP contribution in [0.3, 0.4) is 0 Å². The fourth-order valence-electron chi connectivity index (χ4n) is 1.05. The molecule has 1 rings (SSSR count). The van der Waals surface area contributed by atoms with E-state index in [0.29, 0.717) is 4.47 Å². The Labute approximate surface area is 112 Å².